The molecule has 0 radical (unpaired) electrons. The molecule has 1 aromatic rings. The second-order valence-corrected chi connectivity index (χ2v) is 13.6. The lowest BCUT2D eigenvalue weighted by molar-refractivity contribution is -0.326. The zero-order valence-electron chi connectivity index (χ0n) is 24.9. The summed E-state index contributed by atoms with van der Waals surface area (Å²) in [5.41, 5.74) is -3.08. The Hall–Kier alpha value is -3.18. The Labute approximate surface area is 243 Å². The number of methoxy groups -OCH3 is 1. The molecule has 0 aromatic carbocycles. The molecule has 5 aliphatic rings. The Kier molecular flexibility index (Phi) is 6.14. The van der Waals surface area contributed by atoms with Crippen molar-refractivity contribution in [2.24, 2.45) is 34.0 Å². The van der Waals surface area contributed by atoms with E-state index in [0.29, 0.717) is 24.0 Å². The van der Waals surface area contributed by atoms with Gasteiger partial charge in [-0.25, -0.2) is 4.79 Å². The van der Waals surface area contributed by atoms with Crippen LogP contribution in [0.3, 0.4) is 0 Å². The zero-order valence-corrected chi connectivity index (χ0v) is 24.9. The summed E-state index contributed by atoms with van der Waals surface area (Å²) in [5.74, 6) is -6.37. The number of fused-ring (bicyclic) bond motifs is 2. The van der Waals surface area contributed by atoms with Crippen LogP contribution in [-0.2, 0) is 42.9 Å². The lowest BCUT2D eigenvalue weighted by Gasteiger charge is -2.66. The summed E-state index contributed by atoms with van der Waals surface area (Å²) in [6.45, 7) is 10.2. The van der Waals surface area contributed by atoms with Crippen molar-refractivity contribution in [2.75, 3.05) is 7.11 Å². The second-order valence-electron chi connectivity index (χ2n) is 13.6. The summed E-state index contributed by atoms with van der Waals surface area (Å²) in [6, 6.07) is 1.74. The minimum atomic E-state index is -2.00. The summed E-state index contributed by atoms with van der Waals surface area (Å²) < 4.78 is 35.2. The van der Waals surface area contributed by atoms with Gasteiger partial charge < -0.3 is 33.2 Å². The first kappa shape index (κ1) is 28.9. The predicted molar refractivity (Wildman–Crippen MR) is 142 cm³/mol. The summed E-state index contributed by atoms with van der Waals surface area (Å²) in [7, 11) is 1.30. The fraction of sp³-hybridized carbons (Fsp3) is 0.677. The molecule has 4 fully saturated rings. The molecule has 5 unspecified atom stereocenters. The quantitative estimate of drug-likeness (QED) is 0.400. The minimum absolute atomic E-state index is 0.0725. The summed E-state index contributed by atoms with van der Waals surface area (Å²) in [4.78, 5) is 51.4. The highest BCUT2D eigenvalue weighted by molar-refractivity contribution is 5.85. The van der Waals surface area contributed by atoms with Gasteiger partial charge in [-0.15, -0.1) is 0 Å². The van der Waals surface area contributed by atoms with Crippen LogP contribution in [0.2, 0.25) is 0 Å². The van der Waals surface area contributed by atoms with Crippen LogP contribution < -0.4 is 0 Å². The summed E-state index contributed by atoms with van der Waals surface area (Å²) in [6.07, 6.45) is 2.55. The lowest BCUT2D eigenvalue weighted by Crippen LogP contribution is -2.75. The van der Waals surface area contributed by atoms with Gasteiger partial charge >= 0.3 is 23.9 Å². The van der Waals surface area contributed by atoms with Crippen LogP contribution in [0.1, 0.15) is 72.5 Å². The molecule has 1 aromatic heterocycles. The van der Waals surface area contributed by atoms with Crippen molar-refractivity contribution >= 4 is 23.9 Å². The first-order chi connectivity index (χ1) is 19.6. The van der Waals surface area contributed by atoms with Crippen LogP contribution in [0, 0.1) is 34.0 Å². The summed E-state index contributed by atoms with van der Waals surface area (Å²) in [5, 5.41) is 12.8. The molecule has 10 atom stereocenters. The lowest BCUT2D eigenvalue weighted by atomic mass is 9.37. The molecule has 1 N–H and O–H groups in total. The number of furan rings is 1. The maximum atomic E-state index is 13.2. The molecule has 0 amide bonds. The van der Waals surface area contributed by atoms with Crippen molar-refractivity contribution in [3.8, 4) is 0 Å². The topological polar surface area (TPSA) is 148 Å². The molecule has 11 heteroatoms. The fourth-order valence-electron chi connectivity index (χ4n) is 9.79. The number of rotatable bonds is 5. The van der Waals surface area contributed by atoms with Crippen molar-refractivity contribution < 1.29 is 52.4 Å². The number of hydrogen-bond acceptors (Lipinski definition) is 11. The minimum Gasteiger partial charge on any atom is -0.472 e. The first-order valence-corrected chi connectivity index (χ1v) is 14.4. The Balaban J connectivity index is 1.62. The SMILES string of the molecule is COC(=O)CC1C(C)(C)C(OC(C)=O)C2[C@H](OC(C)=O)[C@]34O[C@]2(O)[C@]1(C)C3CC[C@]1(C)C4=CC(=O)OC1c1ccoc1. The third kappa shape index (κ3) is 3.35. The van der Waals surface area contributed by atoms with E-state index in [9.17, 15) is 24.3 Å². The standard InChI is InChI=1S/C31H38O11/c1-15(32)39-25-23-26(40-16(2)33)30-18(29(6,31(23,36)42-30)19(27(25,3)4)12-21(34)37-7)8-10-28(5)20(30)13-22(35)41-24(28)17-9-11-38-14-17/h9,11,13-14,18-19,23-26,36H,8,10,12H2,1-7H3/t18?,19?,23?,24?,25?,26-,28+,29+,30-,31-/m0/s1. The van der Waals surface area contributed by atoms with Gasteiger partial charge in [-0.05, 0) is 30.4 Å². The molecule has 4 heterocycles. The molecule has 6 rings (SSSR count). The number of hydrogen-bond donors (Lipinski definition) is 1. The molecule has 42 heavy (non-hydrogen) atoms. The van der Waals surface area contributed by atoms with E-state index in [0.717, 1.165) is 0 Å². The van der Waals surface area contributed by atoms with Gasteiger partial charge in [-0.1, -0.05) is 27.7 Å². The average molecular weight is 587 g/mol. The Morgan fingerprint density at radius 2 is 1.74 bits per heavy atom. The molecule has 3 aliphatic heterocycles. The van der Waals surface area contributed by atoms with E-state index < -0.39 is 87.6 Å². The van der Waals surface area contributed by atoms with Crippen molar-refractivity contribution in [1.29, 1.82) is 0 Å². The molecule has 11 nitrogen and oxygen atoms in total. The van der Waals surface area contributed by atoms with E-state index in [-0.39, 0.29) is 6.42 Å². The van der Waals surface area contributed by atoms with E-state index in [4.69, 9.17) is 28.1 Å². The van der Waals surface area contributed by atoms with Gasteiger partial charge in [0.25, 0.3) is 0 Å². The number of ether oxygens (including phenoxy) is 5. The van der Waals surface area contributed by atoms with Crippen molar-refractivity contribution in [1.82, 2.24) is 0 Å². The highest BCUT2D eigenvalue weighted by Crippen LogP contribution is 2.81. The van der Waals surface area contributed by atoms with E-state index in [2.05, 4.69) is 0 Å². The van der Waals surface area contributed by atoms with E-state index in [1.165, 1.54) is 39.6 Å². The maximum Gasteiger partial charge on any atom is 0.331 e. The number of cyclic esters (lactones) is 1. The number of carbonyl (C=O) groups is 4. The third-order valence-corrected chi connectivity index (χ3v) is 11.3. The Morgan fingerprint density at radius 3 is 2.33 bits per heavy atom. The maximum absolute atomic E-state index is 13.2. The van der Waals surface area contributed by atoms with Gasteiger partial charge in [0, 0.05) is 54.1 Å². The van der Waals surface area contributed by atoms with E-state index >= 15 is 0 Å². The summed E-state index contributed by atoms with van der Waals surface area (Å²) >= 11 is 0. The number of carbonyl (C=O) groups excluding carboxylic acids is 4. The molecule has 2 saturated heterocycles. The predicted octanol–water partition coefficient (Wildman–Crippen LogP) is 3.40. The van der Waals surface area contributed by atoms with Gasteiger partial charge in [0.1, 0.15) is 23.9 Å². The van der Waals surface area contributed by atoms with Crippen LogP contribution in [0.5, 0.6) is 0 Å². The van der Waals surface area contributed by atoms with Gasteiger partial charge in [0.15, 0.2) is 5.79 Å². The third-order valence-electron chi connectivity index (χ3n) is 11.3. The molecule has 1 spiro atoms. The molecular formula is C31H38O11. The Morgan fingerprint density at radius 1 is 1.07 bits per heavy atom. The van der Waals surface area contributed by atoms with Crippen LogP contribution in [0.25, 0.3) is 0 Å². The van der Waals surface area contributed by atoms with Crippen molar-refractivity contribution in [2.45, 2.75) is 90.5 Å². The number of aliphatic hydroxyl groups is 1. The van der Waals surface area contributed by atoms with E-state index in [1.54, 1.807) is 6.07 Å². The smallest absolute Gasteiger partial charge is 0.331 e. The molecule has 2 aliphatic carbocycles. The van der Waals surface area contributed by atoms with Crippen LogP contribution in [-0.4, -0.2) is 59.7 Å². The van der Waals surface area contributed by atoms with Crippen molar-refractivity contribution in [3.63, 3.8) is 0 Å². The largest absolute Gasteiger partial charge is 0.472 e. The first-order valence-electron chi connectivity index (χ1n) is 14.4. The monoisotopic (exact) mass is 586 g/mol. The average Bonchev–Trinajstić information content (AvgIpc) is 3.56. The van der Waals surface area contributed by atoms with Crippen LogP contribution in [0.15, 0.2) is 34.7 Å². The molecular weight excluding hydrogens is 548 g/mol. The molecule has 2 saturated carbocycles. The normalized spacial score (nSPS) is 44.3. The van der Waals surface area contributed by atoms with Gasteiger partial charge in [0.05, 0.1) is 25.6 Å². The molecule has 228 valence electrons. The van der Waals surface area contributed by atoms with Gasteiger partial charge in [-0.2, -0.15) is 0 Å². The van der Waals surface area contributed by atoms with Crippen LogP contribution in [0.4, 0.5) is 0 Å². The van der Waals surface area contributed by atoms with Gasteiger partial charge in [-0.3, -0.25) is 14.4 Å². The van der Waals surface area contributed by atoms with Crippen LogP contribution >= 0.6 is 0 Å². The second kappa shape index (κ2) is 8.92. The zero-order chi connectivity index (χ0) is 30.6. The van der Waals surface area contributed by atoms with Crippen molar-refractivity contribution in [3.05, 3.63) is 35.8 Å². The van der Waals surface area contributed by atoms with Gasteiger partial charge in [0.2, 0.25) is 0 Å². The molecule has 2 bridgehead atoms. The highest BCUT2D eigenvalue weighted by atomic mass is 16.7. The number of esters is 4. The highest BCUT2D eigenvalue weighted by Gasteiger charge is 2.90. The van der Waals surface area contributed by atoms with E-state index in [1.807, 2.05) is 27.7 Å². The fourth-order valence-corrected chi connectivity index (χ4v) is 9.79. The Bertz CT molecular complexity index is 1380.